The molecule has 0 saturated heterocycles. The van der Waals surface area contributed by atoms with Gasteiger partial charge in [-0.3, -0.25) is 4.79 Å². The number of hydrogen-bond donors (Lipinski definition) is 3. The molecule has 2 aliphatic rings. The molecule has 1 amide bonds. The van der Waals surface area contributed by atoms with Gasteiger partial charge >= 0.3 is 0 Å². The lowest BCUT2D eigenvalue weighted by atomic mass is 10.1. The number of fused-ring (bicyclic) bond motifs is 5. The number of hydrogen-bond acceptors (Lipinski definition) is 5. The summed E-state index contributed by atoms with van der Waals surface area (Å²) >= 11 is 0. The summed E-state index contributed by atoms with van der Waals surface area (Å²) in [5, 5.41) is 6.28. The van der Waals surface area contributed by atoms with Crippen LogP contribution < -0.4 is 16.4 Å². The van der Waals surface area contributed by atoms with Gasteiger partial charge in [0.25, 0.3) is 5.91 Å². The first-order valence-electron chi connectivity index (χ1n) is 8.79. The van der Waals surface area contributed by atoms with E-state index in [2.05, 4.69) is 15.2 Å². The van der Waals surface area contributed by atoms with Crippen LogP contribution in [0.4, 0.5) is 5.82 Å². The van der Waals surface area contributed by atoms with E-state index in [0.717, 1.165) is 45.9 Å². The highest BCUT2D eigenvalue weighted by atomic mass is 16.1. The van der Waals surface area contributed by atoms with Gasteiger partial charge in [-0.1, -0.05) is 12.1 Å². The van der Waals surface area contributed by atoms with Gasteiger partial charge in [-0.2, -0.15) is 0 Å². The van der Waals surface area contributed by atoms with Crippen LogP contribution in [0.3, 0.4) is 0 Å². The molecule has 2 aliphatic heterocycles. The zero-order valence-electron chi connectivity index (χ0n) is 14.8. The monoisotopic (exact) mass is 348 g/mol. The minimum atomic E-state index is -0.719. The highest BCUT2D eigenvalue weighted by Gasteiger charge is 2.34. The standard InChI is InChI=1S/C19H20N6O/c1-10-17-22-9-19(2,20)25-14-6-7-21-18(26)12(14)8-15(25)11-4-3-5-13(23-10)16(11)24-17/h3-5,8H,6-7,9,20H2,1-2H3,(H,21,26)(H,22,24). The molecule has 0 aliphatic carbocycles. The molecule has 5 rings (SSSR count). The van der Waals surface area contributed by atoms with Gasteiger partial charge in [0.05, 0.1) is 29.0 Å². The van der Waals surface area contributed by atoms with Gasteiger partial charge in [-0.15, -0.1) is 0 Å². The van der Waals surface area contributed by atoms with Gasteiger partial charge in [0.2, 0.25) is 0 Å². The van der Waals surface area contributed by atoms with E-state index in [1.807, 2.05) is 38.1 Å². The van der Waals surface area contributed by atoms with Crippen LogP contribution in [-0.2, 0) is 12.1 Å². The summed E-state index contributed by atoms with van der Waals surface area (Å²) in [7, 11) is 0. The van der Waals surface area contributed by atoms with E-state index >= 15 is 0 Å². The number of aryl methyl sites for hydroxylation is 1. The summed E-state index contributed by atoms with van der Waals surface area (Å²) in [5.74, 6) is 0.703. The molecule has 0 radical (unpaired) electrons. The number of anilines is 1. The first-order chi connectivity index (χ1) is 12.5. The minimum Gasteiger partial charge on any atom is -0.365 e. The van der Waals surface area contributed by atoms with Crippen molar-refractivity contribution in [3.05, 3.63) is 41.2 Å². The molecule has 2 aromatic heterocycles. The van der Waals surface area contributed by atoms with Crippen LogP contribution in [-0.4, -0.2) is 33.5 Å². The molecular weight excluding hydrogens is 328 g/mol. The molecule has 2 bridgehead atoms. The summed E-state index contributed by atoms with van der Waals surface area (Å²) in [4.78, 5) is 21.9. The number of benzene rings is 1. The molecule has 7 nitrogen and oxygen atoms in total. The van der Waals surface area contributed by atoms with Gasteiger partial charge < -0.3 is 20.9 Å². The van der Waals surface area contributed by atoms with Crippen molar-refractivity contribution in [1.29, 1.82) is 0 Å². The fraction of sp³-hybridized carbons (Fsp3) is 0.316. The number of carbonyl (C=O) groups excluding carboxylic acids is 1. The Morgan fingerprint density at radius 1 is 1.23 bits per heavy atom. The molecule has 132 valence electrons. The van der Waals surface area contributed by atoms with Crippen LogP contribution in [0.15, 0.2) is 24.3 Å². The number of amides is 1. The van der Waals surface area contributed by atoms with E-state index in [0.29, 0.717) is 18.7 Å². The molecule has 3 aromatic rings. The summed E-state index contributed by atoms with van der Waals surface area (Å²) < 4.78 is 2.11. The van der Waals surface area contributed by atoms with E-state index < -0.39 is 5.66 Å². The Bertz CT molecular complexity index is 1080. The normalized spacial score (nSPS) is 21.3. The number of aromatic nitrogens is 3. The Hall–Kier alpha value is -2.93. The lowest BCUT2D eigenvalue weighted by molar-refractivity contribution is 0.0944. The molecular formula is C19H20N6O. The predicted octanol–water partition coefficient (Wildman–Crippen LogP) is 1.75. The highest BCUT2D eigenvalue weighted by molar-refractivity contribution is 6.00. The largest absolute Gasteiger partial charge is 0.365 e. The molecule has 0 spiro atoms. The topological polar surface area (TPSA) is 97.9 Å². The lowest BCUT2D eigenvalue weighted by Gasteiger charge is -2.32. The molecule has 1 atom stereocenters. The molecule has 0 saturated carbocycles. The summed E-state index contributed by atoms with van der Waals surface area (Å²) in [6.45, 7) is 5.03. The van der Waals surface area contributed by atoms with Crippen LogP contribution in [0.1, 0.15) is 28.7 Å². The number of nitrogens with zero attached hydrogens (tertiary/aromatic N) is 3. The third kappa shape index (κ3) is 2.00. The van der Waals surface area contributed by atoms with Gasteiger partial charge in [-0.05, 0) is 26.0 Å². The van der Waals surface area contributed by atoms with Crippen molar-refractivity contribution in [2.45, 2.75) is 25.9 Å². The van der Waals surface area contributed by atoms with Gasteiger partial charge in [0.15, 0.2) is 0 Å². The van der Waals surface area contributed by atoms with Crippen LogP contribution in [0.5, 0.6) is 0 Å². The molecule has 26 heavy (non-hydrogen) atoms. The number of nitrogens with two attached hydrogens (primary N) is 1. The van der Waals surface area contributed by atoms with Crippen molar-refractivity contribution in [3.63, 3.8) is 0 Å². The Morgan fingerprint density at radius 3 is 2.92 bits per heavy atom. The second-order valence-corrected chi connectivity index (χ2v) is 7.27. The third-order valence-electron chi connectivity index (χ3n) is 5.26. The summed E-state index contributed by atoms with van der Waals surface area (Å²) in [5.41, 5.74) is 12.1. The molecule has 1 aromatic carbocycles. The number of para-hydroxylation sites is 1. The van der Waals surface area contributed by atoms with E-state index in [4.69, 9.17) is 15.7 Å². The number of rotatable bonds is 0. The molecule has 1 unspecified atom stereocenters. The first kappa shape index (κ1) is 15.3. The minimum absolute atomic E-state index is 0.0464. The van der Waals surface area contributed by atoms with Crippen LogP contribution in [0, 0.1) is 6.92 Å². The first-order valence-corrected chi connectivity index (χ1v) is 8.79. The zero-order chi connectivity index (χ0) is 18.1. The van der Waals surface area contributed by atoms with Crippen molar-refractivity contribution < 1.29 is 4.79 Å². The van der Waals surface area contributed by atoms with Crippen LogP contribution in [0.25, 0.3) is 22.3 Å². The third-order valence-corrected chi connectivity index (χ3v) is 5.26. The second kappa shape index (κ2) is 5.04. The molecule has 4 heterocycles. The van der Waals surface area contributed by atoms with Crippen LogP contribution >= 0.6 is 0 Å². The fourth-order valence-corrected chi connectivity index (χ4v) is 4.05. The number of nitrogens with one attached hydrogen (secondary N) is 2. The maximum absolute atomic E-state index is 12.4. The van der Waals surface area contributed by atoms with E-state index in [1.54, 1.807) is 0 Å². The lowest BCUT2D eigenvalue weighted by Crippen LogP contribution is -2.48. The predicted molar refractivity (Wildman–Crippen MR) is 100 cm³/mol. The average Bonchev–Trinajstić information content (AvgIpc) is 3.01. The SMILES string of the molecule is Cc1nc2cccc3c2nc1NCC(C)(N)n1c-3cc2c1CCNC2=O. The van der Waals surface area contributed by atoms with Crippen LogP contribution in [0.2, 0.25) is 0 Å². The number of carbonyl (C=O) groups is 1. The fourth-order valence-electron chi connectivity index (χ4n) is 4.05. The Morgan fingerprint density at radius 2 is 2.08 bits per heavy atom. The zero-order valence-corrected chi connectivity index (χ0v) is 14.8. The van der Waals surface area contributed by atoms with Crippen molar-refractivity contribution in [2.75, 3.05) is 18.4 Å². The smallest absolute Gasteiger partial charge is 0.253 e. The van der Waals surface area contributed by atoms with Gasteiger partial charge in [0, 0.05) is 24.2 Å². The average molecular weight is 348 g/mol. The van der Waals surface area contributed by atoms with Crippen molar-refractivity contribution in [3.8, 4) is 11.3 Å². The van der Waals surface area contributed by atoms with Crippen molar-refractivity contribution in [2.24, 2.45) is 5.73 Å². The van der Waals surface area contributed by atoms with E-state index in [-0.39, 0.29) is 5.91 Å². The second-order valence-electron chi connectivity index (χ2n) is 7.27. The molecule has 4 N–H and O–H groups in total. The van der Waals surface area contributed by atoms with Gasteiger partial charge in [0.1, 0.15) is 17.0 Å². The van der Waals surface area contributed by atoms with Crippen molar-refractivity contribution >= 4 is 22.8 Å². The Labute approximate surface area is 150 Å². The Kier molecular flexibility index (Phi) is 2.98. The highest BCUT2D eigenvalue weighted by Crippen LogP contribution is 2.36. The van der Waals surface area contributed by atoms with Crippen molar-refractivity contribution in [1.82, 2.24) is 19.9 Å². The Balaban J connectivity index is 1.92. The maximum Gasteiger partial charge on any atom is 0.253 e. The maximum atomic E-state index is 12.4. The quantitative estimate of drug-likeness (QED) is 0.575. The van der Waals surface area contributed by atoms with Gasteiger partial charge in [-0.25, -0.2) is 9.97 Å². The van der Waals surface area contributed by atoms with E-state index in [1.165, 1.54) is 0 Å². The summed E-state index contributed by atoms with van der Waals surface area (Å²) in [6, 6.07) is 7.89. The van der Waals surface area contributed by atoms with E-state index in [9.17, 15) is 4.79 Å². The molecule has 0 fully saturated rings. The summed E-state index contributed by atoms with van der Waals surface area (Å²) in [6.07, 6.45) is 0.756. The molecule has 7 heteroatoms.